The molecule has 1 spiro atoms. The molecular formula is C28H38ClNO4Si. The summed E-state index contributed by atoms with van der Waals surface area (Å²) in [5.41, 5.74) is 3.22. The highest BCUT2D eigenvalue weighted by atomic mass is 35.5. The van der Waals surface area contributed by atoms with Gasteiger partial charge < -0.3 is 19.2 Å². The van der Waals surface area contributed by atoms with Crippen LogP contribution in [0.15, 0.2) is 42.5 Å². The lowest BCUT2D eigenvalue weighted by atomic mass is 9.83. The number of hydrogen-bond acceptors (Lipinski definition) is 4. The Morgan fingerprint density at radius 1 is 1.20 bits per heavy atom. The van der Waals surface area contributed by atoms with Gasteiger partial charge >= 0.3 is 5.97 Å². The molecule has 1 atom stereocenters. The van der Waals surface area contributed by atoms with Crippen LogP contribution in [0.3, 0.4) is 0 Å². The zero-order chi connectivity index (χ0) is 25.4. The molecule has 2 aromatic rings. The second kappa shape index (κ2) is 9.89. The van der Waals surface area contributed by atoms with E-state index >= 15 is 0 Å². The molecule has 1 fully saturated rings. The zero-order valence-electron chi connectivity index (χ0n) is 21.6. The van der Waals surface area contributed by atoms with Gasteiger partial charge in [0.25, 0.3) is 0 Å². The van der Waals surface area contributed by atoms with Gasteiger partial charge in [0, 0.05) is 24.7 Å². The second-order valence-electron chi connectivity index (χ2n) is 11.6. The van der Waals surface area contributed by atoms with Crippen molar-refractivity contribution in [3.63, 3.8) is 0 Å². The standard InChI is InChI=1S/C28H38ClNO4Si/c1-27(2,3)35(4,5)34-23-11-10-20(25(29)17-23)16-22(26(31)32)18-30-14-12-28(13-15-30)24-9-7-6-8-21(24)19-33-28/h6-11,17,22H,12-16,18-19H2,1-5H3,(H,31,32). The maximum absolute atomic E-state index is 12.2. The number of ether oxygens (including phenoxy) is 1. The number of rotatable bonds is 7. The Morgan fingerprint density at radius 3 is 2.51 bits per heavy atom. The molecule has 0 bridgehead atoms. The quantitative estimate of drug-likeness (QED) is 0.427. The molecule has 0 aromatic heterocycles. The van der Waals surface area contributed by atoms with Gasteiger partial charge in [-0.1, -0.05) is 62.7 Å². The predicted octanol–water partition coefficient (Wildman–Crippen LogP) is 6.49. The number of piperidine rings is 1. The van der Waals surface area contributed by atoms with Crippen molar-refractivity contribution in [2.24, 2.45) is 5.92 Å². The van der Waals surface area contributed by atoms with Gasteiger partial charge in [0.1, 0.15) is 5.75 Å². The molecule has 35 heavy (non-hydrogen) atoms. The molecule has 0 aliphatic carbocycles. The van der Waals surface area contributed by atoms with E-state index in [0.29, 0.717) is 24.6 Å². The summed E-state index contributed by atoms with van der Waals surface area (Å²) >= 11 is 6.61. The first-order chi connectivity index (χ1) is 16.4. The molecule has 5 nitrogen and oxygen atoms in total. The molecule has 0 amide bonds. The number of aliphatic carboxylic acids is 1. The van der Waals surface area contributed by atoms with E-state index in [-0.39, 0.29) is 10.6 Å². The van der Waals surface area contributed by atoms with Crippen molar-refractivity contribution in [2.45, 2.75) is 70.4 Å². The highest BCUT2D eigenvalue weighted by Crippen LogP contribution is 2.44. The Labute approximate surface area is 215 Å². The Hall–Kier alpha value is -1.86. The molecule has 7 heteroatoms. The minimum atomic E-state index is -1.97. The number of carboxylic acid groups (broad SMARTS) is 1. The van der Waals surface area contributed by atoms with Gasteiger partial charge in [-0.05, 0) is 66.2 Å². The Bertz CT molecular complexity index is 1070. The highest BCUT2D eigenvalue weighted by molar-refractivity contribution is 6.74. The molecule has 2 aliphatic rings. The van der Waals surface area contributed by atoms with E-state index in [1.807, 2.05) is 18.2 Å². The summed E-state index contributed by atoms with van der Waals surface area (Å²) in [5, 5.41) is 10.6. The van der Waals surface area contributed by atoms with E-state index in [0.717, 1.165) is 37.2 Å². The number of carbonyl (C=O) groups is 1. The number of hydrogen-bond donors (Lipinski definition) is 1. The predicted molar refractivity (Wildman–Crippen MR) is 143 cm³/mol. The average molecular weight is 516 g/mol. The van der Waals surface area contributed by atoms with Gasteiger partial charge in [-0.25, -0.2) is 0 Å². The summed E-state index contributed by atoms with van der Waals surface area (Å²) in [4.78, 5) is 14.4. The molecule has 1 N–H and O–H groups in total. The van der Waals surface area contributed by atoms with Crippen molar-refractivity contribution >= 4 is 25.9 Å². The van der Waals surface area contributed by atoms with Crippen molar-refractivity contribution < 1.29 is 19.1 Å². The van der Waals surface area contributed by atoms with Gasteiger partial charge in [-0.3, -0.25) is 4.79 Å². The molecule has 2 heterocycles. The van der Waals surface area contributed by atoms with Crippen molar-refractivity contribution in [3.05, 3.63) is 64.2 Å². The fraction of sp³-hybridized carbons (Fsp3) is 0.536. The molecule has 1 saturated heterocycles. The molecular weight excluding hydrogens is 478 g/mol. The van der Waals surface area contributed by atoms with Crippen LogP contribution in [0.5, 0.6) is 5.75 Å². The summed E-state index contributed by atoms with van der Waals surface area (Å²) in [6, 6.07) is 14.2. The molecule has 2 aromatic carbocycles. The lowest BCUT2D eigenvalue weighted by molar-refractivity contribution is -0.143. The van der Waals surface area contributed by atoms with Crippen molar-refractivity contribution in [1.82, 2.24) is 4.90 Å². The first-order valence-electron chi connectivity index (χ1n) is 12.6. The number of fused-ring (bicyclic) bond motifs is 2. The van der Waals surface area contributed by atoms with E-state index in [1.165, 1.54) is 11.1 Å². The SMILES string of the molecule is CC(C)(C)[Si](C)(C)Oc1ccc(CC(CN2CCC3(CC2)OCc2ccccc23)C(=O)O)c(Cl)c1. The molecule has 4 rings (SSSR count). The summed E-state index contributed by atoms with van der Waals surface area (Å²) in [5.74, 6) is -0.550. The van der Waals surface area contributed by atoms with Crippen molar-refractivity contribution in [1.29, 1.82) is 0 Å². The van der Waals surface area contributed by atoms with Gasteiger partial charge in [0.2, 0.25) is 8.32 Å². The minimum Gasteiger partial charge on any atom is -0.543 e. The largest absolute Gasteiger partial charge is 0.543 e. The molecule has 1 unspecified atom stereocenters. The topological polar surface area (TPSA) is 59.0 Å². The van der Waals surface area contributed by atoms with E-state index in [2.05, 4.69) is 63.0 Å². The van der Waals surface area contributed by atoms with Crippen LogP contribution in [0.1, 0.15) is 50.3 Å². The number of benzene rings is 2. The average Bonchev–Trinajstić information content (AvgIpc) is 3.13. The summed E-state index contributed by atoms with van der Waals surface area (Å²) in [6.07, 6.45) is 2.17. The normalized spacial score (nSPS) is 18.9. The first-order valence-corrected chi connectivity index (χ1v) is 15.8. The highest BCUT2D eigenvalue weighted by Gasteiger charge is 2.43. The van der Waals surface area contributed by atoms with E-state index in [4.69, 9.17) is 20.8 Å². The Balaban J connectivity index is 1.39. The van der Waals surface area contributed by atoms with Gasteiger partial charge in [0.05, 0.1) is 18.1 Å². The third-order valence-electron chi connectivity index (χ3n) is 8.17. The van der Waals surface area contributed by atoms with Crippen LogP contribution in [0.4, 0.5) is 0 Å². The van der Waals surface area contributed by atoms with Gasteiger partial charge in [-0.2, -0.15) is 0 Å². The summed E-state index contributed by atoms with van der Waals surface area (Å²) in [6.45, 7) is 13.8. The number of halogens is 1. The van der Waals surface area contributed by atoms with Gasteiger partial charge in [0.15, 0.2) is 0 Å². The van der Waals surface area contributed by atoms with Crippen LogP contribution in [0.25, 0.3) is 0 Å². The van der Waals surface area contributed by atoms with Gasteiger partial charge in [-0.15, -0.1) is 0 Å². The fourth-order valence-electron chi connectivity index (χ4n) is 4.91. The first kappa shape index (κ1) is 26.2. The van der Waals surface area contributed by atoms with Crippen molar-refractivity contribution in [3.8, 4) is 5.75 Å². The van der Waals surface area contributed by atoms with Crippen LogP contribution >= 0.6 is 11.6 Å². The third kappa shape index (κ3) is 5.61. The van der Waals surface area contributed by atoms with Crippen molar-refractivity contribution in [2.75, 3.05) is 19.6 Å². The van der Waals surface area contributed by atoms with Crippen LogP contribution in [-0.4, -0.2) is 43.9 Å². The van der Waals surface area contributed by atoms with Crippen LogP contribution < -0.4 is 4.43 Å². The summed E-state index contributed by atoms with van der Waals surface area (Å²) in [7, 11) is -1.97. The number of nitrogens with zero attached hydrogens (tertiary/aromatic N) is 1. The lowest BCUT2D eigenvalue weighted by Gasteiger charge is -2.40. The van der Waals surface area contributed by atoms with Crippen LogP contribution in [0, 0.1) is 5.92 Å². The molecule has 190 valence electrons. The lowest BCUT2D eigenvalue weighted by Crippen LogP contribution is -2.45. The third-order valence-corrected chi connectivity index (χ3v) is 12.9. The number of likely N-dealkylation sites (tertiary alicyclic amines) is 1. The van der Waals surface area contributed by atoms with Crippen LogP contribution in [0.2, 0.25) is 23.2 Å². The van der Waals surface area contributed by atoms with E-state index in [9.17, 15) is 9.90 Å². The molecule has 2 aliphatic heterocycles. The summed E-state index contributed by atoms with van der Waals surface area (Å²) < 4.78 is 12.6. The minimum absolute atomic E-state index is 0.0885. The monoisotopic (exact) mass is 515 g/mol. The van der Waals surface area contributed by atoms with Crippen LogP contribution in [-0.2, 0) is 28.2 Å². The smallest absolute Gasteiger partial charge is 0.308 e. The maximum Gasteiger partial charge on any atom is 0.308 e. The van der Waals surface area contributed by atoms with E-state index < -0.39 is 20.2 Å². The number of carboxylic acids is 1. The zero-order valence-corrected chi connectivity index (χ0v) is 23.3. The Kier molecular flexibility index (Phi) is 7.40. The molecule has 0 radical (unpaired) electrons. The maximum atomic E-state index is 12.2. The molecule has 0 saturated carbocycles. The Morgan fingerprint density at radius 2 is 1.89 bits per heavy atom. The second-order valence-corrected chi connectivity index (χ2v) is 16.7. The van der Waals surface area contributed by atoms with E-state index in [1.54, 1.807) is 0 Å². The fourth-order valence-corrected chi connectivity index (χ4v) is 6.18.